The predicted molar refractivity (Wildman–Crippen MR) is 92.9 cm³/mol. The van der Waals surface area contributed by atoms with Crippen molar-refractivity contribution in [2.45, 2.75) is 24.5 Å². The van der Waals surface area contributed by atoms with Gasteiger partial charge in [0, 0.05) is 4.90 Å². The van der Waals surface area contributed by atoms with Gasteiger partial charge < -0.3 is 4.74 Å². The van der Waals surface area contributed by atoms with Gasteiger partial charge in [-0.3, -0.25) is 0 Å². The fourth-order valence-electron chi connectivity index (χ4n) is 2.35. The third kappa shape index (κ3) is 3.40. The zero-order valence-corrected chi connectivity index (χ0v) is 14.0. The molecule has 0 aliphatic carbocycles. The number of aryl methyl sites for hydroxylation is 1. The largest absolute Gasteiger partial charge is 0.449 e. The van der Waals surface area contributed by atoms with Gasteiger partial charge in [-0.1, -0.05) is 29.8 Å². The van der Waals surface area contributed by atoms with E-state index in [1.165, 1.54) is 5.56 Å². The van der Waals surface area contributed by atoms with Gasteiger partial charge in [0.2, 0.25) is 0 Å². The molecule has 3 aromatic rings. The van der Waals surface area contributed by atoms with E-state index >= 15 is 0 Å². The standard InChI is InChI=1S/C18H18N2O2S/c1-3-22-18(21)20-16-7-5-4-6-15(16)19-17(20)12-23-14-10-8-13(2)9-11-14/h4-11H,3,12H2,1-2H3. The molecule has 0 saturated carbocycles. The molecule has 0 N–H and O–H groups in total. The van der Waals surface area contributed by atoms with Crippen LogP contribution in [0.3, 0.4) is 0 Å². The van der Waals surface area contributed by atoms with E-state index in [1.54, 1.807) is 23.3 Å². The van der Waals surface area contributed by atoms with E-state index < -0.39 is 0 Å². The van der Waals surface area contributed by atoms with Crippen LogP contribution in [-0.4, -0.2) is 22.3 Å². The Kier molecular flexibility index (Phi) is 4.67. The molecule has 5 heteroatoms. The Morgan fingerprint density at radius 3 is 2.65 bits per heavy atom. The van der Waals surface area contributed by atoms with Gasteiger partial charge in [-0.25, -0.2) is 14.3 Å². The van der Waals surface area contributed by atoms with Gasteiger partial charge in [-0.05, 0) is 38.1 Å². The molecule has 0 aliphatic heterocycles. The molecule has 0 unspecified atom stereocenters. The van der Waals surface area contributed by atoms with E-state index in [9.17, 15) is 4.79 Å². The normalized spacial score (nSPS) is 10.9. The van der Waals surface area contributed by atoms with E-state index in [0.29, 0.717) is 18.2 Å². The van der Waals surface area contributed by atoms with Crippen molar-refractivity contribution in [2.75, 3.05) is 6.61 Å². The fraction of sp³-hybridized carbons (Fsp3) is 0.222. The third-order valence-electron chi connectivity index (χ3n) is 3.47. The van der Waals surface area contributed by atoms with E-state index in [1.807, 2.05) is 24.3 Å². The van der Waals surface area contributed by atoms with Crippen LogP contribution in [0.2, 0.25) is 0 Å². The second-order valence-electron chi connectivity index (χ2n) is 5.15. The minimum atomic E-state index is -0.374. The molecule has 0 radical (unpaired) electrons. The van der Waals surface area contributed by atoms with Crippen molar-refractivity contribution in [1.82, 2.24) is 9.55 Å². The molecule has 0 amide bonds. The molecule has 4 nitrogen and oxygen atoms in total. The summed E-state index contributed by atoms with van der Waals surface area (Å²) in [5.74, 6) is 1.31. The zero-order chi connectivity index (χ0) is 16.2. The predicted octanol–water partition coefficient (Wildman–Crippen LogP) is 4.64. The van der Waals surface area contributed by atoms with Crippen molar-refractivity contribution < 1.29 is 9.53 Å². The quantitative estimate of drug-likeness (QED) is 0.655. The maximum atomic E-state index is 12.3. The summed E-state index contributed by atoms with van der Waals surface area (Å²) in [7, 11) is 0. The maximum Gasteiger partial charge on any atom is 0.420 e. The van der Waals surface area contributed by atoms with Crippen molar-refractivity contribution in [3.63, 3.8) is 0 Å². The zero-order valence-electron chi connectivity index (χ0n) is 13.2. The Morgan fingerprint density at radius 2 is 1.91 bits per heavy atom. The van der Waals surface area contributed by atoms with Crippen LogP contribution in [0.25, 0.3) is 11.0 Å². The molecule has 0 saturated heterocycles. The summed E-state index contributed by atoms with van der Waals surface area (Å²) >= 11 is 1.66. The Balaban J connectivity index is 1.91. The van der Waals surface area contributed by atoms with Crippen LogP contribution in [0.15, 0.2) is 53.4 Å². The second kappa shape index (κ2) is 6.87. The molecule has 1 heterocycles. The van der Waals surface area contributed by atoms with E-state index in [-0.39, 0.29) is 6.09 Å². The number of carbonyl (C=O) groups is 1. The lowest BCUT2D eigenvalue weighted by molar-refractivity contribution is 0.154. The van der Waals surface area contributed by atoms with E-state index in [2.05, 4.69) is 36.2 Å². The highest BCUT2D eigenvalue weighted by atomic mass is 32.2. The number of fused-ring (bicyclic) bond motifs is 1. The van der Waals surface area contributed by atoms with Crippen molar-refractivity contribution in [3.05, 3.63) is 59.9 Å². The van der Waals surface area contributed by atoms with Gasteiger partial charge in [-0.2, -0.15) is 0 Å². The minimum absolute atomic E-state index is 0.343. The number of carbonyl (C=O) groups excluding carboxylic acids is 1. The van der Waals surface area contributed by atoms with Gasteiger partial charge in [0.15, 0.2) is 0 Å². The molecule has 118 valence electrons. The first-order valence-corrected chi connectivity index (χ1v) is 8.50. The van der Waals surface area contributed by atoms with Gasteiger partial charge in [-0.15, -0.1) is 11.8 Å². The number of imidazole rings is 1. The highest BCUT2D eigenvalue weighted by molar-refractivity contribution is 7.98. The molecule has 1 aromatic heterocycles. The lowest BCUT2D eigenvalue weighted by Crippen LogP contribution is -2.16. The molecule has 0 aliphatic rings. The van der Waals surface area contributed by atoms with Crippen molar-refractivity contribution in [2.24, 2.45) is 0 Å². The lowest BCUT2D eigenvalue weighted by atomic mass is 10.2. The topological polar surface area (TPSA) is 44.1 Å². The summed E-state index contributed by atoms with van der Waals surface area (Å²) in [4.78, 5) is 18.0. The van der Waals surface area contributed by atoms with Crippen molar-refractivity contribution in [3.8, 4) is 0 Å². The first-order valence-electron chi connectivity index (χ1n) is 7.52. The second-order valence-corrected chi connectivity index (χ2v) is 6.20. The Bertz CT molecular complexity index is 825. The number of aromatic nitrogens is 2. The molecule has 0 atom stereocenters. The number of para-hydroxylation sites is 2. The number of ether oxygens (including phenoxy) is 1. The van der Waals surface area contributed by atoms with Crippen LogP contribution in [0.4, 0.5) is 4.79 Å². The van der Waals surface area contributed by atoms with Gasteiger partial charge >= 0.3 is 6.09 Å². The average molecular weight is 326 g/mol. The van der Waals surface area contributed by atoms with Crippen molar-refractivity contribution in [1.29, 1.82) is 0 Å². The van der Waals surface area contributed by atoms with Crippen LogP contribution in [0.1, 0.15) is 18.3 Å². The van der Waals surface area contributed by atoms with Crippen LogP contribution < -0.4 is 0 Å². The average Bonchev–Trinajstić information content (AvgIpc) is 2.93. The SMILES string of the molecule is CCOC(=O)n1c(CSc2ccc(C)cc2)nc2ccccc21. The monoisotopic (exact) mass is 326 g/mol. The summed E-state index contributed by atoms with van der Waals surface area (Å²) in [6.45, 7) is 4.21. The molecule has 2 aromatic carbocycles. The van der Waals surface area contributed by atoms with Crippen molar-refractivity contribution >= 4 is 28.9 Å². The third-order valence-corrected chi connectivity index (χ3v) is 4.48. The first-order chi connectivity index (χ1) is 11.2. The smallest absolute Gasteiger partial charge is 0.420 e. The fourth-order valence-corrected chi connectivity index (χ4v) is 3.16. The number of nitrogens with zero attached hydrogens (tertiary/aromatic N) is 2. The van der Waals surface area contributed by atoms with E-state index in [4.69, 9.17) is 4.74 Å². The van der Waals surface area contributed by atoms with E-state index in [0.717, 1.165) is 15.9 Å². The summed E-state index contributed by atoms with van der Waals surface area (Å²) in [5, 5.41) is 0. The van der Waals surface area contributed by atoms with Crippen LogP contribution >= 0.6 is 11.8 Å². The Morgan fingerprint density at radius 1 is 1.17 bits per heavy atom. The number of rotatable bonds is 4. The molecule has 0 spiro atoms. The number of hydrogen-bond donors (Lipinski definition) is 0. The molecule has 23 heavy (non-hydrogen) atoms. The highest BCUT2D eigenvalue weighted by Gasteiger charge is 2.17. The Labute approximate surface area is 139 Å². The molecule has 0 fully saturated rings. The molecule has 0 bridgehead atoms. The Hall–Kier alpha value is -2.27. The summed E-state index contributed by atoms with van der Waals surface area (Å²) in [6.07, 6.45) is -0.374. The van der Waals surface area contributed by atoms with Crippen LogP contribution in [0.5, 0.6) is 0 Å². The van der Waals surface area contributed by atoms with Crippen LogP contribution in [-0.2, 0) is 10.5 Å². The van der Waals surface area contributed by atoms with Gasteiger partial charge in [0.25, 0.3) is 0 Å². The number of hydrogen-bond acceptors (Lipinski definition) is 4. The number of benzene rings is 2. The lowest BCUT2D eigenvalue weighted by Gasteiger charge is -2.07. The molecular formula is C18H18N2O2S. The molecule has 3 rings (SSSR count). The summed E-state index contributed by atoms with van der Waals surface area (Å²) < 4.78 is 6.75. The van der Waals surface area contributed by atoms with Gasteiger partial charge in [0.05, 0.1) is 23.4 Å². The van der Waals surface area contributed by atoms with Crippen LogP contribution in [0, 0.1) is 6.92 Å². The highest BCUT2D eigenvalue weighted by Crippen LogP contribution is 2.25. The van der Waals surface area contributed by atoms with Gasteiger partial charge in [0.1, 0.15) is 5.82 Å². The summed E-state index contributed by atoms with van der Waals surface area (Å²) in [6, 6.07) is 15.9. The minimum Gasteiger partial charge on any atom is -0.449 e. The maximum absolute atomic E-state index is 12.3. The number of thioether (sulfide) groups is 1. The first kappa shape index (κ1) is 15.6. The molecular weight excluding hydrogens is 308 g/mol. The summed E-state index contributed by atoms with van der Waals surface area (Å²) in [5.41, 5.74) is 2.82.